The van der Waals surface area contributed by atoms with Crippen molar-refractivity contribution >= 4 is 69.5 Å². The number of carbonyl (C=O) groups is 2. The van der Waals surface area contributed by atoms with Gasteiger partial charge in [0.2, 0.25) is 0 Å². The van der Waals surface area contributed by atoms with Gasteiger partial charge in [-0.15, -0.1) is 0 Å². The molecule has 0 saturated carbocycles. The van der Waals surface area contributed by atoms with E-state index in [2.05, 4.69) is 0 Å². The molecule has 0 N–H and O–H groups in total. The van der Waals surface area contributed by atoms with Gasteiger partial charge in [0, 0.05) is 10.6 Å². The molecule has 1 aliphatic rings. The highest BCUT2D eigenvalue weighted by atomic mass is 35.5. The highest BCUT2D eigenvalue weighted by Gasteiger charge is 2.36. The third-order valence-electron chi connectivity index (χ3n) is 4.78. The van der Waals surface area contributed by atoms with Gasteiger partial charge in [-0.3, -0.25) is 9.59 Å². The molecule has 0 aromatic heterocycles. The SMILES string of the molecule is COc1cc(/C=C2\SC(=O)N(c3ccc(Cl)c(Cl)c3)C2=O)ccc1OCc1ccccc1Cl. The van der Waals surface area contributed by atoms with Crippen LogP contribution in [0.1, 0.15) is 11.1 Å². The molecule has 5 nitrogen and oxygen atoms in total. The first-order valence-electron chi connectivity index (χ1n) is 9.64. The van der Waals surface area contributed by atoms with Crippen LogP contribution in [0.4, 0.5) is 10.5 Å². The van der Waals surface area contributed by atoms with E-state index in [1.54, 1.807) is 42.5 Å². The molecule has 0 unspecified atom stereocenters. The van der Waals surface area contributed by atoms with Crippen molar-refractivity contribution in [3.8, 4) is 11.5 Å². The quantitative estimate of drug-likeness (QED) is 0.315. The number of halogens is 3. The average Bonchev–Trinajstić information content (AvgIpc) is 3.08. The second-order valence-corrected chi connectivity index (χ2v) is 9.12. The summed E-state index contributed by atoms with van der Waals surface area (Å²) in [6.45, 7) is 0.276. The zero-order valence-corrected chi connectivity index (χ0v) is 20.3. The summed E-state index contributed by atoms with van der Waals surface area (Å²) in [6.07, 6.45) is 1.63. The van der Waals surface area contributed by atoms with Gasteiger partial charge in [-0.1, -0.05) is 59.1 Å². The summed E-state index contributed by atoms with van der Waals surface area (Å²) in [6, 6.07) is 17.3. The predicted octanol–water partition coefficient (Wildman–Crippen LogP) is 7.48. The summed E-state index contributed by atoms with van der Waals surface area (Å²) in [5, 5.41) is 0.795. The van der Waals surface area contributed by atoms with Gasteiger partial charge in [0.1, 0.15) is 6.61 Å². The lowest BCUT2D eigenvalue weighted by molar-refractivity contribution is -0.113. The Morgan fingerprint density at radius 1 is 0.909 bits per heavy atom. The van der Waals surface area contributed by atoms with Crippen molar-refractivity contribution < 1.29 is 19.1 Å². The highest BCUT2D eigenvalue weighted by molar-refractivity contribution is 8.19. The van der Waals surface area contributed by atoms with E-state index in [4.69, 9.17) is 44.3 Å². The van der Waals surface area contributed by atoms with Gasteiger partial charge in [-0.2, -0.15) is 0 Å². The first kappa shape index (κ1) is 23.5. The van der Waals surface area contributed by atoms with Crippen LogP contribution in [0.15, 0.2) is 65.6 Å². The summed E-state index contributed by atoms with van der Waals surface area (Å²) < 4.78 is 11.3. The minimum absolute atomic E-state index is 0.259. The Hall–Kier alpha value is -2.64. The summed E-state index contributed by atoms with van der Waals surface area (Å²) in [5.74, 6) is 0.569. The number of anilines is 1. The molecule has 1 aliphatic heterocycles. The number of methoxy groups -OCH3 is 1. The van der Waals surface area contributed by atoms with E-state index in [9.17, 15) is 9.59 Å². The molecule has 9 heteroatoms. The normalized spacial score (nSPS) is 14.8. The van der Waals surface area contributed by atoms with Crippen molar-refractivity contribution in [3.63, 3.8) is 0 Å². The number of rotatable bonds is 6. The lowest BCUT2D eigenvalue weighted by atomic mass is 10.1. The molecule has 0 spiro atoms. The number of nitrogens with zero attached hydrogens (tertiary/aromatic N) is 1. The van der Waals surface area contributed by atoms with Crippen molar-refractivity contribution in [1.29, 1.82) is 0 Å². The maximum atomic E-state index is 12.9. The standard InChI is InChI=1S/C24H16Cl3NO4S/c1-31-21-10-14(6-9-20(21)32-13-15-4-2-3-5-17(15)25)11-22-23(29)28(24(30)33-22)16-7-8-18(26)19(27)12-16/h2-12H,13H2,1H3/b22-11-. The van der Waals surface area contributed by atoms with Gasteiger partial charge in [-0.25, -0.2) is 4.90 Å². The number of carbonyl (C=O) groups excluding carboxylic acids is 2. The molecule has 3 aromatic carbocycles. The lowest BCUT2D eigenvalue weighted by Gasteiger charge is -2.13. The highest BCUT2D eigenvalue weighted by Crippen LogP contribution is 2.38. The van der Waals surface area contributed by atoms with Crippen molar-refractivity contribution in [2.75, 3.05) is 12.0 Å². The number of amides is 2. The molecule has 4 rings (SSSR count). The molecule has 33 heavy (non-hydrogen) atoms. The fourth-order valence-electron chi connectivity index (χ4n) is 3.13. The molecule has 0 radical (unpaired) electrons. The number of imide groups is 1. The Morgan fingerprint density at radius 2 is 1.70 bits per heavy atom. The maximum Gasteiger partial charge on any atom is 0.298 e. The first-order valence-corrected chi connectivity index (χ1v) is 11.6. The summed E-state index contributed by atoms with van der Waals surface area (Å²) in [5.41, 5.74) is 1.88. The van der Waals surface area contributed by atoms with E-state index in [-0.39, 0.29) is 16.5 Å². The van der Waals surface area contributed by atoms with Crippen LogP contribution in [0.3, 0.4) is 0 Å². The van der Waals surface area contributed by atoms with E-state index in [0.717, 1.165) is 22.2 Å². The van der Waals surface area contributed by atoms with Crippen molar-refractivity contribution in [3.05, 3.63) is 91.8 Å². The molecule has 1 heterocycles. The van der Waals surface area contributed by atoms with Crippen molar-refractivity contribution in [2.24, 2.45) is 0 Å². The molecule has 168 valence electrons. The fraction of sp³-hybridized carbons (Fsp3) is 0.0833. The molecular weight excluding hydrogens is 505 g/mol. The topological polar surface area (TPSA) is 55.8 Å². The number of hydrogen-bond donors (Lipinski definition) is 0. The van der Waals surface area contributed by atoms with Crippen LogP contribution in [0, 0.1) is 0 Å². The zero-order chi connectivity index (χ0) is 23.5. The summed E-state index contributed by atoms with van der Waals surface area (Å²) in [4.78, 5) is 26.7. The molecular formula is C24H16Cl3NO4S. The van der Waals surface area contributed by atoms with Gasteiger partial charge in [0.05, 0.1) is 27.7 Å². The predicted molar refractivity (Wildman–Crippen MR) is 134 cm³/mol. The van der Waals surface area contributed by atoms with Crippen LogP contribution in [0.5, 0.6) is 11.5 Å². The van der Waals surface area contributed by atoms with Crippen molar-refractivity contribution in [1.82, 2.24) is 0 Å². The van der Waals surface area contributed by atoms with Crippen LogP contribution >= 0.6 is 46.6 Å². The molecule has 0 atom stereocenters. The molecule has 1 saturated heterocycles. The van der Waals surface area contributed by atoms with Gasteiger partial charge >= 0.3 is 0 Å². The molecule has 0 aliphatic carbocycles. The fourth-order valence-corrected chi connectivity index (χ4v) is 4.45. The van der Waals surface area contributed by atoms with Gasteiger partial charge < -0.3 is 9.47 Å². The van der Waals surface area contributed by atoms with E-state index in [1.807, 2.05) is 18.2 Å². The second kappa shape index (κ2) is 10.1. The van der Waals surface area contributed by atoms with Crippen LogP contribution in [-0.4, -0.2) is 18.3 Å². The van der Waals surface area contributed by atoms with Gasteiger partial charge in [0.15, 0.2) is 11.5 Å². The average molecular weight is 521 g/mol. The largest absolute Gasteiger partial charge is 0.493 e. The minimum atomic E-state index is -0.443. The monoisotopic (exact) mass is 519 g/mol. The Morgan fingerprint density at radius 3 is 2.42 bits per heavy atom. The molecule has 2 amide bonds. The third kappa shape index (κ3) is 5.14. The van der Waals surface area contributed by atoms with Crippen LogP contribution in [0.2, 0.25) is 15.1 Å². The zero-order valence-electron chi connectivity index (χ0n) is 17.2. The Kier molecular flexibility index (Phi) is 7.20. The Bertz CT molecular complexity index is 1280. The summed E-state index contributed by atoms with van der Waals surface area (Å²) in [7, 11) is 1.53. The number of ether oxygens (including phenoxy) is 2. The molecule has 0 bridgehead atoms. The van der Waals surface area contributed by atoms with E-state index in [1.165, 1.54) is 13.2 Å². The third-order valence-corrected chi connectivity index (χ3v) is 6.76. The molecule has 3 aromatic rings. The first-order chi connectivity index (χ1) is 15.9. The van der Waals surface area contributed by atoms with E-state index >= 15 is 0 Å². The maximum absolute atomic E-state index is 12.9. The second-order valence-electron chi connectivity index (χ2n) is 6.91. The number of hydrogen-bond acceptors (Lipinski definition) is 5. The summed E-state index contributed by atoms with van der Waals surface area (Å²) >= 11 is 19.0. The van der Waals surface area contributed by atoms with E-state index in [0.29, 0.717) is 32.8 Å². The van der Waals surface area contributed by atoms with Gasteiger partial charge in [-0.05, 0) is 59.8 Å². The van der Waals surface area contributed by atoms with E-state index < -0.39 is 11.1 Å². The van der Waals surface area contributed by atoms with Crippen LogP contribution in [-0.2, 0) is 11.4 Å². The van der Waals surface area contributed by atoms with Crippen LogP contribution < -0.4 is 14.4 Å². The lowest BCUT2D eigenvalue weighted by Crippen LogP contribution is -2.27. The van der Waals surface area contributed by atoms with Crippen LogP contribution in [0.25, 0.3) is 6.08 Å². The van der Waals surface area contributed by atoms with Crippen molar-refractivity contribution in [2.45, 2.75) is 6.61 Å². The Labute approximate surface area is 209 Å². The van der Waals surface area contributed by atoms with Gasteiger partial charge in [0.25, 0.3) is 11.1 Å². The Balaban J connectivity index is 1.55. The molecule has 1 fully saturated rings. The minimum Gasteiger partial charge on any atom is -0.493 e. The number of benzene rings is 3. The smallest absolute Gasteiger partial charge is 0.298 e. The number of thioether (sulfide) groups is 1.